The fourth-order valence-corrected chi connectivity index (χ4v) is 4.15. The first kappa shape index (κ1) is 25.2. The van der Waals surface area contributed by atoms with Crippen LogP contribution in [0.4, 0.5) is 16.6 Å². The van der Waals surface area contributed by atoms with Gasteiger partial charge in [0.25, 0.3) is 0 Å². The zero-order chi connectivity index (χ0) is 25.7. The summed E-state index contributed by atoms with van der Waals surface area (Å²) in [4.78, 5) is 39.0. The van der Waals surface area contributed by atoms with Crippen molar-refractivity contribution in [1.29, 1.82) is 0 Å². The number of esters is 1. The Bertz CT molecular complexity index is 1210. The molecule has 3 heterocycles. The topological polar surface area (TPSA) is 130 Å². The zero-order valence-electron chi connectivity index (χ0n) is 20.8. The van der Waals surface area contributed by atoms with Gasteiger partial charge in [-0.3, -0.25) is 0 Å². The van der Waals surface area contributed by atoms with Crippen molar-refractivity contribution in [2.75, 3.05) is 30.3 Å². The van der Waals surface area contributed by atoms with Crippen LogP contribution in [0.15, 0.2) is 42.6 Å². The number of nitrogens with zero attached hydrogens (tertiary/aromatic N) is 4. The van der Waals surface area contributed by atoms with Crippen LogP contribution in [0, 0.1) is 5.92 Å². The minimum Gasteiger partial charge on any atom is -0.465 e. The minimum atomic E-state index is -0.861. The van der Waals surface area contributed by atoms with Gasteiger partial charge in [-0.1, -0.05) is 18.2 Å². The summed E-state index contributed by atoms with van der Waals surface area (Å²) in [6.07, 6.45) is 1.92. The van der Waals surface area contributed by atoms with Crippen molar-refractivity contribution in [2.45, 2.75) is 45.8 Å². The maximum atomic E-state index is 12.5. The lowest BCUT2D eigenvalue weighted by molar-refractivity contribution is 0.0329. The number of carbonyl (C=O) groups excluding carboxylic acids is 1. The molecule has 1 amide bonds. The number of aromatic nitrogens is 3. The lowest BCUT2D eigenvalue weighted by Crippen LogP contribution is -2.39. The number of likely N-dealkylation sites (tertiary alicyclic amines) is 1. The van der Waals surface area contributed by atoms with Gasteiger partial charge in [0.2, 0.25) is 5.95 Å². The highest BCUT2D eigenvalue weighted by atomic mass is 16.5. The molecule has 1 aliphatic rings. The lowest BCUT2D eigenvalue weighted by Gasteiger charge is -2.29. The van der Waals surface area contributed by atoms with Gasteiger partial charge in [0.05, 0.1) is 11.3 Å². The van der Waals surface area contributed by atoms with E-state index in [1.54, 1.807) is 37.4 Å². The highest BCUT2D eigenvalue weighted by molar-refractivity contribution is 5.90. The Balaban J connectivity index is 1.50. The van der Waals surface area contributed by atoms with E-state index in [0.29, 0.717) is 54.1 Å². The number of anilines is 2. The molecule has 1 atom stereocenters. The second-order valence-electron chi connectivity index (χ2n) is 9.33. The molecule has 1 saturated heterocycles. The number of rotatable bonds is 8. The molecular formula is C26H32N6O4. The summed E-state index contributed by atoms with van der Waals surface area (Å²) in [7, 11) is 0. The predicted molar refractivity (Wildman–Crippen MR) is 137 cm³/mol. The number of carboxylic acid groups (broad SMARTS) is 1. The maximum absolute atomic E-state index is 12.5. The summed E-state index contributed by atoms with van der Waals surface area (Å²) in [6.45, 7) is 7.58. The second kappa shape index (κ2) is 11.2. The molecule has 0 aliphatic carbocycles. The summed E-state index contributed by atoms with van der Waals surface area (Å²) in [5, 5.41) is 16.6. The zero-order valence-corrected chi connectivity index (χ0v) is 20.8. The van der Waals surface area contributed by atoms with Crippen LogP contribution in [0.5, 0.6) is 0 Å². The van der Waals surface area contributed by atoms with Crippen molar-refractivity contribution in [1.82, 2.24) is 19.9 Å². The Labute approximate surface area is 210 Å². The number of ether oxygens (including phenoxy) is 1. The van der Waals surface area contributed by atoms with Crippen LogP contribution in [-0.2, 0) is 4.74 Å². The Kier molecular flexibility index (Phi) is 7.82. The Morgan fingerprint density at radius 2 is 1.86 bits per heavy atom. The molecule has 0 saturated carbocycles. The first-order chi connectivity index (χ1) is 17.3. The monoisotopic (exact) mass is 492 g/mol. The van der Waals surface area contributed by atoms with Crippen molar-refractivity contribution in [3.8, 4) is 0 Å². The molecule has 4 rings (SSSR count). The van der Waals surface area contributed by atoms with Crippen LogP contribution in [0.2, 0.25) is 0 Å². The number of hydrogen-bond acceptors (Lipinski definition) is 8. The number of nitrogens with one attached hydrogen (secondary N) is 2. The van der Waals surface area contributed by atoms with Gasteiger partial charge in [0, 0.05) is 37.3 Å². The summed E-state index contributed by atoms with van der Waals surface area (Å²) in [6, 6.07) is 10.8. The fraction of sp³-hybridized carbons (Fsp3) is 0.423. The van der Waals surface area contributed by atoms with E-state index in [1.165, 1.54) is 4.90 Å². The van der Waals surface area contributed by atoms with Crippen LogP contribution >= 0.6 is 0 Å². The second-order valence-corrected chi connectivity index (χ2v) is 9.33. The third-order valence-electron chi connectivity index (χ3n) is 6.15. The normalized spacial score (nSPS) is 15.1. The average molecular weight is 493 g/mol. The molecule has 10 heteroatoms. The van der Waals surface area contributed by atoms with Gasteiger partial charge < -0.3 is 25.4 Å². The molecule has 3 N–H and O–H groups in total. The van der Waals surface area contributed by atoms with E-state index in [2.05, 4.69) is 15.6 Å². The predicted octanol–water partition coefficient (Wildman–Crippen LogP) is 4.57. The maximum Gasteiger partial charge on any atom is 0.407 e. The van der Waals surface area contributed by atoms with E-state index >= 15 is 0 Å². The van der Waals surface area contributed by atoms with E-state index in [-0.39, 0.29) is 6.04 Å². The molecule has 0 unspecified atom stereocenters. The summed E-state index contributed by atoms with van der Waals surface area (Å²) in [5.74, 6) is 1.04. The number of benzene rings is 1. The first-order valence-electron chi connectivity index (χ1n) is 12.2. The van der Waals surface area contributed by atoms with Crippen molar-refractivity contribution in [3.63, 3.8) is 0 Å². The third-order valence-corrected chi connectivity index (χ3v) is 6.15. The molecular weight excluding hydrogens is 460 g/mol. The molecule has 190 valence electrons. The summed E-state index contributed by atoms with van der Waals surface area (Å²) in [5.41, 5.74) is 1.76. The van der Waals surface area contributed by atoms with Gasteiger partial charge in [-0.25, -0.2) is 24.5 Å². The summed E-state index contributed by atoms with van der Waals surface area (Å²) < 4.78 is 5.66. The molecule has 2 aromatic heterocycles. The Hall–Kier alpha value is -3.95. The highest BCUT2D eigenvalue weighted by Crippen LogP contribution is 2.27. The van der Waals surface area contributed by atoms with E-state index < -0.39 is 18.2 Å². The number of carbonyl (C=O) groups is 2. The van der Waals surface area contributed by atoms with Crippen LogP contribution in [-0.4, -0.2) is 62.7 Å². The molecule has 36 heavy (non-hydrogen) atoms. The molecule has 0 spiro atoms. The van der Waals surface area contributed by atoms with Crippen molar-refractivity contribution >= 4 is 34.7 Å². The van der Waals surface area contributed by atoms with E-state index in [0.717, 1.165) is 18.2 Å². The standard InChI is InChI=1S/C26H32N6O4/c1-16(2)29-23-22-20(13-21(30-23)17(3)36-24(33)19-7-5-4-6-8-19)15-28-25(31-22)27-14-18-9-11-32(12-10-18)26(34)35/h4-8,13,15-18H,9-12,14H2,1-3H3,(H,29,30)(H,34,35)(H,27,28,31)/t17-/m1/s1. The SMILES string of the molecule is CC(C)Nc1nc([C@@H](C)OC(=O)c2ccccc2)cc2cnc(NCC3CCN(C(=O)O)CC3)nc12. The smallest absolute Gasteiger partial charge is 0.407 e. The fourth-order valence-electron chi connectivity index (χ4n) is 4.15. The molecule has 1 aliphatic heterocycles. The van der Waals surface area contributed by atoms with Gasteiger partial charge in [0.15, 0.2) is 5.82 Å². The largest absolute Gasteiger partial charge is 0.465 e. The number of pyridine rings is 1. The van der Waals surface area contributed by atoms with Crippen LogP contribution in [0.25, 0.3) is 10.9 Å². The molecule has 1 aromatic carbocycles. The summed E-state index contributed by atoms with van der Waals surface area (Å²) >= 11 is 0. The quantitative estimate of drug-likeness (QED) is 0.387. The molecule has 10 nitrogen and oxygen atoms in total. The van der Waals surface area contributed by atoms with E-state index in [1.807, 2.05) is 26.0 Å². The van der Waals surface area contributed by atoms with Crippen LogP contribution in [0.1, 0.15) is 55.8 Å². The molecule has 0 radical (unpaired) electrons. The average Bonchev–Trinajstić information content (AvgIpc) is 2.87. The molecule has 0 bridgehead atoms. The van der Waals surface area contributed by atoms with Gasteiger partial charge >= 0.3 is 12.1 Å². The van der Waals surface area contributed by atoms with Crippen molar-refractivity contribution in [3.05, 3.63) is 53.9 Å². The first-order valence-corrected chi connectivity index (χ1v) is 12.2. The Morgan fingerprint density at radius 3 is 2.53 bits per heavy atom. The van der Waals surface area contributed by atoms with Crippen LogP contribution < -0.4 is 10.6 Å². The van der Waals surface area contributed by atoms with Gasteiger partial charge in [-0.15, -0.1) is 0 Å². The number of piperidine rings is 1. The number of amides is 1. The lowest BCUT2D eigenvalue weighted by atomic mass is 9.97. The molecule has 3 aromatic rings. The Morgan fingerprint density at radius 1 is 1.14 bits per heavy atom. The molecule has 1 fully saturated rings. The van der Waals surface area contributed by atoms with E-state index in [9.17, 15) is 9.59 Å². The van der Waals surface area contributed by atoms with E-state index in [4.69, 9.17) is 19.8 Å². The van der Waals surface area contributed by atoms with Crippen molar-refractivity contribution < 1.29 is 19.4 Å². The number of fused-ring (bicyclic) bond motifs is 1. The minimum absolute atomic E-state index is 0.115. The van der Waals surface area contributed by atoms with Gasteiger partial charge in [-0.05, 0) is 57.7 Å². The van der Waals surface area contributed by atoms with Gasteiger partial charge in [0.1, 0.15) is 11.6 Å². The third kappa shape index (κ3) is 6.18. The van der Waals surface area contributed by atoms with Crippen molar-refractivity contribution in [2.24, 2.45) is 5.92 Å². The van der Waals surface area contributed by atoms with Gasteiger partial charge in [-0.2, -0.15) is 0 Å². The number of hydrogen-bond donors (Lipinski definition) is 3. The highest BCUT2D eigenvalue weighted by Gasteiger charge is 2.23. The van der Waals surface area contributed by atoms with Crippen LogP contribution in [0.3, 0.4) is 0 Å².